The highest BCUT2D eigenvalue weighted by molar-refractivity contribution is 5.91. The molecule has 24 heavy (non-hydrogen) atoms. The summed E-state index contributed by atoms with van der Waals surface area (Å²) >= 11 is 0. The first-order chi connectivity index (χ1) is 11.5. The van der Waals surface area contributed by atoms with Crippen LogP contribution in [0.25, 0.3) is 10.9 Å². The van der Waals surface area contributed by atoms with Gasteiger partial charge in [-0.05, 0) is 38.1 Å². The van der Waals surface area contributed by atoms with Crippen molar-refractivity contribution < 1.29 is 0 Å². The Balaban J connectivity index is 1.74. The highest BCUT2D eigenvalue weighted by Crippen LogP contribution is 2.23. The number of anilines is 1. The molecular weight excluding hydrogens is 296 g/mol. The van der Waals surface area contributed by atoms with Gasteiger partial charge in [-0.15, -0.1) is 0 Å². The molecule has 0 aliphatic carbocycles. The predicted octanol–water partition coefficient (Wildman–Crippen LogP) is 3.23. The predicted molar refractivity (Wildman–Crippen MR) is 103 cm³/mol. The lowest BCUT2D eigenvalue weighted by molar-refractivity contribution is 0.0944. The molecule has 4 heteroatoms. The summed E-state index contributed by atoms with van der Waals surface area (Å²) in [7, 11) is 2.21. The fourth-order valence-corrected chi connectivity index (χ4v) is 3.57. The van der Waals surface area contributed by atoms with E-state index in [1.165, 1.54) is 29.7 Å². The van der Waals surface area contributed by atoms with Crippen LogP contribution >= 0.6 is 0 Å². The highest BCUT2D eigenvalue weighted by Gasteiger charge is 2.24. The zero-order valence-electron chi connectivity index (χ0n) is 15.4. The number of pyridine rings is 1. The van der Waals surface area contributed by atoms with Crippen molar-refractivity contribution >= 4 is 16.6 Å². The Morgan fingerprint density at radius 1 is 1.12 bits per heavy atom. The number of aryl methyl sites for hydroxylation is 1. The molecule has 1 atom stereocenters. The highest BCUT2D eigenvalue weighted by atomic mass is 15.3. The number of hydrogen-bond acceptors (Lipinski definition) is 4. The minimum atomic E-state index is 0.562. The Morgan fingerprint density at radius 2 is 1.88 bits per heavy atom. The van der Waals surface area contributed by atoms with Crippen LogP contribution in [-0.2, 0) is 0 Å². The largest absolute Gasteiger partial charge is 0.383 e. The number of nitrogens with one attached hydrogen (secondary N) is 1. The first kappa shape index (κ1) is 17.2. The number of benzene rings is 1. The van der Waals surface area contributed by atoms with Gasteiger partial charge < -0.3 is 10.2 Å². The summed E-state index contributed by atoms with van der Waals surface area (Å²) in [6, 6.07) is 9.12. The van der Waals surface area contributed by atoms with Crippen LogP contribution in [0, 0.1) is 12.8 Å². The molecule has 2 heterocycles. The van der Waals surface area contributed by atoms with Crippen LogP contribution < -0.4 is 5.32 Å². The number of piperazine rings is 1. The number of rotatable bonds is 5. The van der Waals surface area contributed by atoms with Crippen LogP contribution in [0.3, 0.4) is 0 Å². The zero-order chi connectivity index (χ0) is 17.1. The number of fused-ring (bicyclic) bond motifs is 1. The SMILES string of the molecule is Cc1ccc2nccc(NCC(C(C)C)N3CCN(C)CC3)c2c1. The fourth-order valence-electron chi connectivity index (χ4n) is 3.57. The Labute approximate surface area is 145 Å². The molecule has 0 spiro atoms. The second-order valence-corrected chi connectivity index (χ2v) is 7.41. The van der Waals surface area contributed by atoms with Gasteiger partial charge in [0.25, 0.3) is 0 Å². The lowest BCUT2D eigenvalue weighted by Crippen LogP contribution is -2.52. The van der Waals surface area contributed by atoms with Gasteiger partial charge in [-0.1, -0.05) is 25.5 Å². The summed E-state index contributed by atoms with van der Waals surface area (Å²) in [5.41, 5.74) is 3.53. The Bertz CT molecular complexity index is 674. The summed E-state index contributed by atoms with van der Waals surface area (Å²) in [6.45, 7) is 12.4. The van der Waals surface area contributed by atoms with Gasteiger partial charge in [0.1, 0.15) is 0 Å². The lowest BCUT2D eigenvalue weighted by Gasteiger charge is -2.40. The molecule has 1 aliphatic rings. The van der Waals surface area contributed by atoms with Crippen LogP contribution in [0.4, 0.5) is 5.69 Å². The number of likely N-dealkylation sites (N-methyl/N-ethyl adjacent to an activating group) is 1. The third-order valence-corrected chi connectivity index (χ3v) is 5.18. The van der Waals surface area contributed by atoms with E-state index in [0.717, 1.165) is 25.2 Å². The Kier molecular flexibility index (Phi) is 5.36. The van der Waals surface area contributed by atoms with E-state index in [2.05, 4.69) is 72.2 Å². The van der Waals surface area contributed by atoms with E-state index < -0.39 is 0 Å². The molecule has 1 aromatic heterocycles. The number of nitrogens with zero attached hydrogens (tertiary/aromatic N) is 3. The monoisotopic (exact) mass is 326 g/mol. The third kappa shape index (κ3) is 3.87. The first-order valence-electron chi connectivity index (χ1n) is 9.06. The van der Waals surface area contributed by atoms with Gasteiger partial charge in [-0.25, -0.2) is 0 Å². The Morgan fingerprint density at radius 3 is 2.58 bits per heavy atom. The van der Waals surface area contributed by atoms with Gasteiger partial charge >= 0.3 is 0 Å². The normalized spacial score (nSPS) is 18.2. The molecule has 1 aromatic carbocycles. The van der Waals surface area contributed by atoms with Gasteiger partial charge in [0.2, 0.25) is 0 Å². The average molecular weight is 326 g/mol. The summed E-state index contributed by atoms with van der Waals surface area (Å²) < 4.78 is 0. The molecule has 130 valence electrons. The molecule has 1 unspecified atom stereocenters. The molecule has 1 aliphatic heterocycles. The van der Waals surface area contributed by atoms with Gasteiger partial charge in [0.05, 0.1) is 5.52 Å². The van der Waals surface area contributed by atoms with E-state index in [1.807, 2.05) is 6.20 Å². The molecule has 1 N–H and O–H groups in total. The quantitative estimate of drug-likeness (QED) is 0.914. The lowest BCUT2D eigenvalue weighted by atomic mass is 10.0. The van der Waals surface area contributed by atoms with Crippen molar-refractivity contribution in [2.45, 2.75) is 26.8 Å². The summed E-state index contributed by atoms with van der Waals surface area (Å²) in [5.74, 6) is 0.635. The van der Waals surface area contributed by atoms with Crippen LogP contribution in [0.1, 0.15) is 19.4 Å². The van der Waals surface area contributed by atoms with E-state index >= 15 is 0 Å². The average Bonchev–Trinajstić information content (AvgIpc) is 2.56. The zero-order valence-corrected chi connectivity index (χ0v) is 15.4. The van der Waals surface area contributed by atoms with Crippen molar-refractivity contribution in [3.63, 3.8) is 0 Å². The van der Waals surface area contributed by atoms with Crippen LogP contribution in [0.5, 0.6) is 0 Å². The minimum Gasteiger partial charge on any atom is -0.383 e. The number of hydrogen-bond donors (Lipinski definition) is 1. The van der Waals surface area contributed by atoms with E-state index in [0.29, 0.717) is 12.0 Å². The van der Waals surface area contributed by atoms with Crippen molar-refractivity contribution in [1.82, 2.24) is 14.8 Å². The van der Waals surface area contributed by atoms with Crippen LogP contribution in [-0.4, -0.2) is 60.6 Å². The molecule has 0 radical (unpaired) electrons. The third-order valence-electron chi connectivity index (χ3n) is 5.18. The molecule has 2 aromatic rings. The minimum absolute atomic E-state index is 0.562. The second kappa shape index (κ2) is 7.49. The number of aromatic nitrogens is 1. The molecule has 1 saturated heterocycles. The van der Waals surface area contributed by atoms with Gasteiger partial charge in [-0.2, -0.15) is 0 Å². The smallest absolute Gasteiger partial charge is 0.0722 e. The summed E-state index contributed by atoms with van der Waals surface area (Å²) in [6.07, 6.45) is 1.90. The maximum atomic E-state index is 4.49. The molecule has 1 fully saturated rings. The molecule has 0 amide bonds. The summed E-state index contributed by atoms with van der Waals surface area (Å²) in [5, 5.41) is 4.93. The van der Waals surface area contributed by atoms with E-state index in [4.69, 9.17) is 0 Å². The van der Waals surface area contributed by atoms with Crippen LogP contribution in [0.15, 0.2) is 30.5 Å². The summed E-state index contributed by atoms with van der Waals surface area (Å²) in [4.78, 5) is 9.55. The van der Waals surface area contributed by atoms with Crippen molar-refractivity contribution in [2.75, 3.05) is 45.1 Å². The van der Waals surface area contributed by atoms with E-state index in [9.17, 15) is 0 Å². The topological polar surface area (TPSA) is 31.4 Å². The first-order valence-corrected chi connectivity index (χ1v) is 9.06. The van der Waals surface area contributed by atoms with Gasteiger partial charge in [-0.3, -0.25) is 9.88 Å². The van der Waals surface area contributed by atoms with Crippen LogP contribution in [0.2, 0.25) is 0 Å². The van der Waals surface area contributed by atoms with Crippen molar-refractivity contribution in [3.8, 4) is 0 Å². The fraction of sp³-hybridized carbons (Fsp3) is 0.550. The molecule has 4 nitrogen and oxygen atoms in total. The molecular formula is C20H30N4. The van der Waals surface area contributed by atoms with Crippen molar-refractivity contribution in [3.05, 3.63) is 36.0 Å². The van der Waals surface area contributed by atoms with Gasteiger partial charge in [0.15, 0.2) is 0 Å². The Hall–Kier alpha value is -1.65. The maximum absolute atomic E-state index is 4.49. The standard InChI is InChI=1S/C20H30N4/c1-15(2)20(24-11-9-23(4)10-12-24)14-22-19-7-8-21-18-6-5-16(3)13-17(18)19/h5-8,13,15,20H,9-12,14H2,1-4H3,(H,21,22). The van der Waals surface area contributed by atoms with Crippen molar-refractivity contribution in [1.29, 1.82) is 0 Å². The second-order valence-electron chi connectivity index (χ2n) is 7.41. The maximum Gasteiger partial charge on any atom is 0.0722 e. The van der Waals surface area contributed by atoms with E-state index in [-0.39, 0.29) is 0 Å². The molecule has 0 saturated carbocycles. The van der Waals surface area contributed by atoms with E-state index in [1.54, 1.807) is 0 Å². The molecule has 0 bridgehead atoms. The molecule has 3 rings (SSSR count). The van der Waals surface area contributed by atoms with Crippen molar-refractivity contribution in [2.24, 2.45) is 5.92 Å². The van der Waals surface area contributed by atoms with Gasteiger partial charge in [0, 0.05) is 56.0 Å².